The molecule has 0 saturated heterocycles. The van der Waals surface area contributed by atoms with Gasteiger partial charge in [0, 0.05) is 7.05 Å². The van der Waals surface area contributed by atoms with E-state index in [-0.39, 0.29) is 0 Å². The van der Waals surface area contributed by atoms with E-state index >= 15 is 0 Å². The van der Waals surface area contributed by atoms with Crippen molar-refractivity contribution < 1.29 is 0 Å². The Hall–Kier alpha value is -2.76. The van der Waals surface area contributed by atoms with Gasteiger partial charge in [-0.05, 0) is 31.2 Å². The summed E-state index contributed by atoms with van der Waals surface area (Å²) in [4.78, 5) is 0. The van der Waals surface area contributed by atoms with Gasteiger partial charge < -0.3 is 5.73 Å². The Kier molecular flexibility index (Phi) is 2.90. The molecule has 100 valence electrons. The van der Waals surface area contributed by atoms with Gasteiger partial charge in [0.15, 0.2) is 0 Å². The van der Waals surface area contributed by atoms with E-state index in [0.29, 0.717) is 16.9 Å². The molecule has 1 aromatic heterocycles. The van der Waals surface area contributed by atoms with Crippen LogP contribution in [0.1, 0.15) is 5.56 Å². The largest absolute Gasteiger partial charge is 0.397 e. The summed E-state index contributed by atoms with van der Waals surface area (Å²) in [7, 11) is 1.83. The monoisotopic (exact) mass is 266 g/mol. The molecular weight excluding hydrogens is 252 g/mol. The molecule has 0 aliphatic heterocycles. The van der Waals surface area contributed by atoms with Crippen molar-refractivity contribution in [2.75, 3.05) is 5.73 Å². The number of aromatic nitrogens is 3. The Bertz CT molecular complexity index is 785. The molecule has 2 aromatic carbocycles. The lowest BCUT2D eigenvalue weighted by atomic mass is 10.2. The van der Waals surface area contributed by atoms with Crippen LogP contribution < -0.4 is 5.73 Å². The number of nitrogen functional groups attached to an aromatic ring is 1. The van der Waals surface area contributed by atoms with Crippen molar-refractivity contribution in [1.82, 2.24) is 15.0 Å². The van der Waals surface area contributed by atoms with Crippen molar-refractivity contribution in [3.63, 3.8) is 0 Å². The number of benzene rings is 2. The zero-order valence-corrected chi connectivity index (χ0v) is 11.3. The number of hydrogen-bond acceptors (Lipinski definition) is 5. The van der Waals surface area contributed by atoms with E-state index in [1.807, 2.05) is 44.3 Å². The topological polar surface area (TPSA) is 81.4 Å². The Morgan fingerprint density at radius 1 is 1.05 bits per heavy atom. The van der Waals surface area contributed by atoms with E-state index < -0.39 is 0 Å². The smallest absolute Gasteiger partial charge is 0.142 e. The zero-order valence-electron chi connectivity index (χ0n) is 11.3. The summed E-state index contributed by atoms with van der Waals surface area (Å²) >= 11 is 0. The first-order valence-corrected chi connectivity index (χ1v) is 6.21. The van der Waals surface area contributed by atoms with Crippen LogP contribution in [0.3, 0.4) is 0 Å². The van der Waals surface area contributed by atoms with Crippen LogP contribution in [0.2, 0.25) is 0 Å². The molecule has 0 unspecified atom stereocenters. The summed E-state index contributed by atoms with van der Waals surface area (Å²) in [6, 6.07) is 11.4. The van der Waals surface area contributed by atoms with E-state index in [0.717, 1.165) is 11.2 Å². The molecule has 20 heavy (non-hydrogen) atoms. The summed E-state index contributed by atoms with van der Waals surface area (Å²) in [6.45, 7) is 2.03. The highest BCUT2D eigenvalue weighted by Gasteiger charge is 2.10. The maximum Gasteiger partial charge on any atom is 0.142 e. The minimum Gasteiger partial charge on any atom is -0.397 e. The first-order chi connectivity index (χ1) is 9.65. The highest BCUT2D eigenvalue weighted by Crippen LogP contribution is 2.31. The van der Waals surface area contributed by atoms with Crippen molar-refractivity contribution >= 4 is 28.1 Å². The molecule has 0 aliphatic carbocycles. The SMILES string of the molecule is Cc1ccc(N=Nc2c(N)ccc3c2nnn3C)cc1. The highest BCUT2D eigenvalue weighted by molar-refractivity contribution is 5.92. The molecule has 6 heteroatoms. The van der Waals surface area contributed by atoms with Crippen LogP contribution >= 0.6 is 0 Å². The average Bonchev–Trinajstić information content (AvgIpc) is 2.81. The summed E-state index contributed by atoms with van der Waals surface area (Å²) in [5.74, 6) is 0. The van der Waals surface area contributed by atoms with Gasteiger partial charge in [-0.2, -0.15) is 5.11 Å². The molecule has 0 aliphatic rings. The number of rotatable bonds is 2. The third-order valence-electron chi connectivity index (χ3n) is 3.09. The second-order valence-electron chi connectivity index (χ2n) is 4.62. The molecule has 0 saturated carbocycles. The number of fused-ring (bicyclic) bond motifs is 1. The molecule has 0 amide bonds. The van der Waals surface area contributed by atoms with E-state index in [9.17, 15) is 0 Å². The van der Waals surface area contributed by atoms with Crippen LogP contribution in [0.5, 0.6) is 0 Å². The van der Waals surface area contributed by atoms with E-state index in [1.165, 1.54) is 5.56 Å². The molecule has 1 heterocycles. The molecule has 6 nitrogen and oxygen atoms in total. The first kappa shape index (κ1) is 12.3. The lowest BCUT2D eigenvalue weighted by Crippen LogP contribution is -1.90. The van der Waals surface area contributed by atoms with Gasteiger partial charge in [0.1, 0.15) is 11.2 Å². The summed E-state index contributed by atoms with van der Waals surface area (Å²) in [5, 5.41) is 16.5. The number of nitrogens with two attached hydrogens (primary N) is 1. The predicted molar refractivity (Wildman–Crippen MR) is 78.3 cm³/mol. The Morgan fingerprint density at radius 3 is 2.55 bits per heavy atom. The number of azo groups is 1. The first-order valence-electron chi connectivity index (χ1n) is 6.21. The molecule has 0 radical (unpaired) electrons. The van der Waals surface area contributed by atoms with Crippen LogP contribution in [0.15, 0.2) is 46.6 Å². The highest BCUT2D eigenvalue weighted by atomic mass is 15.4. The molecule has 0 atom stereocenters. The van der Waals surface area contributed by atoms with E-state index in [4.69, 9.17) is 5.73 Å². The Balaban J connectivity index is 2.05. The lowest BCUT2D eigenvalue weighted by molar-refractivity contribution is 0.736. The van der Waals surface area contributed by atoms with Crippen LogP contribution in [0.4, 0.5) is 17.1 Å². The summed E-state index contributed by atoms with van der Waals surface area (Å²) < 4.78 is 1.68. The van der Waals surface area contributed by atoms with Gasteiger partial charge in [0.2, 0.25) is 0 Å². The second-order valence-corrected chi connectivity index (χ2v) is 4.62. The fourth-order valence-electron chi connectivity index (χ4n) is 1.93. The van der Waals surface area contributed by atoms with Crippen LogP contribution in [0.25, 0.3) is 11.0 Å². The lowest BCUT2D eigenvalue weighted by Gasteiger charge is -2.00. The van der Waals surface area contributed by atoms with E-state index in [1.54, 1.807) is 10.7 Å². The summed E-state index contributed by atoms with van der Waals surface area (Å²) in [6.07, 6.45) is 0. The standard InChI is InChI=1S/C14H14N6/c1-9-3-5-10(6-4-9)16-17-13-11(15)7-8-12-14(13)18-19-20(12)2/h3-8H,15H2,1-2H3. The Labute approximate surface area is 115 Å². The number of nitrogens with zero attached hydrogens (tertiary/aromatic N) is 5. The molecule has 2 N–H and O–H groups in total. The van der Waals surface area contributed by atoms with Gasteiger partial charge in [0.25, 0.3) is 0 Å². The average molecular weight is 266 g/mol. The maximum atomic E-state index is 5.95. The van der Waals surface area contributed by atoms with Crippen molar-refractivity contribution in [3.05, 3.63) is 42.0 Å². The normalized spacial score (nSPS) is 11.5. The van der Waals surface area contributed by atoms with Crippen molar-refractivity contribution in [2.45, 2.75) is 6.92 Å². The van der Waals surface area contributed by atoms with Gasteiger partial charge in [-0.1, -0.05) is 22.9 Å². The van der Waals surface area contributed by atoms with E-state index in [2.05, 4.69) is 20.5 Å². The molecule has 0 spiro atoms. The number of hydrogen-bond donors (Lipinski definition) is 1. The predicted octanol–water partition coefficient (Wildman–Crippen LogP) is 3.27. The van der Waals surface area contributed by atoms with Crippen molar-refractivity contribution in [3.8, 4) is 0 Å². The fraction of sp³-hybridized carbons (Fsp3) is 0.143. The third-order valence-corrected chi connectivity index (χ3v) is 3.09. The molecule has 3 aromatic rings. The maximum absolute atomic E-state index is 5.95. The van der Waals surface area contributed by atoms with Crippen LogP contribution in [0, 0.1) is 6.92 Å². The van der Waals surface area contributed by atoms with Gasteiger partial charge in [-0.25, -0.2) is 4.68 Å². The van der Waals surface area contributed by atoms with Gasteiger partial charge >= 0.3 is 0 Å². The fourth-order valence-corrected chi connectivity index (χ4v) is 1.93. The quantitative estimate of drug-likeness (QED) is 0.571. The zero-order chi connectivity index (χ0) is 14.1. The molecule has 3 rings (SSSR count). The molecular formula is C14H14N6. The number of aryl methyl sites for hydroxylation is 2. The molecule has 0 bridgehead atoms. The van der Waals surface area contributed by atoms with Gasteiger partial charge in [0.05, 0.1) is 16.9 Å². The third kappa shape index (κ3) is 2.11. The van der Waals surface area contributed by atoms with Crippen LogP contribution in [-0.4, -0.2) is 15.0 Å². The van der Waals surface area contributed by atoms with Crippen molar-refractivity contribution in [2.24, 2.45) is 17.3 Å². The van der Waals surface area contributed by atoms with Crippen LogP contribution in [-0.2, 0) is 7.05 Å². The Morgan fingerprint density at radius 2 is 1.80 bits per heavy atom. The number of anilines is 1. The molecule has 0 fully saturated rings. The minimum atomic E-state index is 0.536. The second kappa shape index (κ2) is 4.73. The summed E-state index contributed by atoms with van der Waals surface area (Å²) in [5.41, 5.74) is 10.5. The minimum absolute atomic E-state index is 0.536. The van der Waals surface area contributed by atoms with Gasteiger partial charge in [-0.15, -0.1) is 10.2 Å². The van der Waals surface area contributed by atoms with Gasteiger partial charge in [-0.3, -0.25) is 0 Å². The van der Waals surface area contributed by atoms with Crippen molar-refractivity contribution in [1.29, 1.82) is 0 Å².